The second-order valence-electron chi connectivity index (χ2n) is 4.60. The fraction of sp³-hybridized carbons (Fsp3) is 0.500. The molecule has 2 rings (SSSR count). The van der Waals surface area contributed by atoms with Gasteiger partial charge in [-0.3, -0.25) is 4.79 Å². The van der Waals surface area contributed by atoms with Crippen LogP contribution in [-0.2, 0) is 11.3 Å². The van der Waals surface area contributed by atoms with E-state index in [1.807, 2.05) is 24.3 Å². The molecule has 18 heavy (non-hydrogen) atoms. The number of nitrogens with one attached hydrogen (secondary N) is 2. The second kappa shape index (κ2) is 6.40. The van der Waals surface area contributed by atoms with Crippen molar-refractivity contribution in [3.05, 3.63) is 29.8 Å². The molecular formula is C14H20N2O2. The van der Waals surface area contributed by atoms with Crippen molar-refractivity contribution in [1.82, 2.24) is 10.6 Å². The van der Waals surface area contributed by atoms with E-state index in [2.05, 4.69) is 10.6 Å². The minimum absolute atomic E-state index is 0.0963. The lowest BCUT2D eigenvalue weighted by Crippen LogP contribution is -2.28. The number of carbonyl (C=O) groups is 1. The maximum Gasteiger partial charge on any atom is 0.221 e. The first-order valence-corrected chi connectivity index (χ1v) is 6.41. The zero-order chi connectivity index (χ0) is 12.8. The van der Waals surface area contributed by atoms with Gasteiger partial charge in [0.25, 0.3) is 0 Å². The lowest BCUT2D eigenvalue weighted by atomic mass is 10.2. The van der Waals surface area contributed by atoms with Crippen molar-refractivity contribution in [2.24, 2.45) is 0 Å². The number of methoxy groups -OCH3 is 1. The third-order valence-corrected chi connectivity index (χ3v) is 3.01. The number of rotatable bonds is 7. The number of benzene rings is 1. The van der Waals surface area contributed by atoms with Crippen molar-refractivity contribution in [2.45, 2.75) is 31.8 Å². The molecule has 2 N–H and O–H groups in total. The van der Waals surface area contributed by atoms with E-state index < -0.39 is 0 Å². The van der Waals surface area contributed by atoms with Crippen molar-refractivity contribution < 1.29 is 9.53 Å². The highest BCUT2D eigenvalue weighted by Gasteiger charge is 2.19. The van der Waals surface area contributed by atoms with E-state index in [1.165, 1.54) is 12.8 Å². The van der Waals surface area contributed by atoms with Gasteiger partial charge in [-0.15, -0.1) is 0 Å². The number of carbonyl (C=O) groups excluding carboxylic acids is 1. The van der Waals surface area contributed by atoms with E-state index >= 15 is 0 Å². The van der Waals surface area contributed by atoms with Crippen molar-refractivity contribution in [1.29, 1.82) is 0 Å². The zero-order valence-corrected chi connectivity index (χ0v) is 10.7. The Balaban J connectivity index is 1.64. The van der Waals surface area contributed by atoms with Crippen molar-refractivity contribution in [2.75, 3.05) is 13.7 Å². The summed E-state index contributed by atoms with van der Waals surface area (Å²) in [5.41, 5.74) is 1.08. The Morgan fingerprint density at radius 1 is 1.33 bits per heavy atom. The van der Waals surface area contributed by atoms with E-state index in [0.29, 0.717) is 19.0 Å². The van der Waals surface area contributed by atoms with Crippen LogP contribution in [0.15, 0.2) is 24.3 Å². The Bertz CT molecular complexity index is 385. The summed E-state index contributed by atoms with van der Waals surface area (Å²) in [5.74, 6) is 0.928. The van der Waals surface area contributed by atoms with Gasteiger partial charge in [0, 0.05) is 25.6 Å². The minimum atomic E-state index is 0.0963. The summed E-state index contributed by atoms with van der Waals surface area (Å²) in [7, 11) is 1.64. The molecule has 1 aromatic rings. The lowest BCUT2D eigenvalue weighted by molar-refractivity contribution is -0.121. The molecular weight excluding hydrogens is 228 g/mol. The van der Waals surface area contributed by atoms with E-state index in [9.17, 15) is 4.79 Å². The number of amides is 1. The molecule has 0 bridgehead atoms. The van der Waals surface area contributed by atoms with Gasteiger partial charge in [-0.05, 0) is 30.5 Å². The first kappa shape index (κ1) is 12.9. The lowest BCUT2D eigenvalue weighted by Gasteiger charge is -2.06. The fourth-order valence-electron chi connectivity index (χ4n) is 1.71. The van der Waals surface area contributed by atoms with Crippen LogP contribution in [0.4, 0.5) is 0 Å². The zero-order valence-electron chi connectivity index (χ0n) is 10.7. The van der Waals surface area contributed by atoms with Crippen LogP contribution in [0.25, 0.3) is 0 Å². The molecule has 0 aliphatic heterocycles. The van der Waals surface area contributed by atoms with Gasteiger partial charge in [0.2, 0.25) is 5.91 Å². The molecule has 4 heteroatoms. The van der Waals surface area contributed by atoms with Crippen LogP contribution in [-0.4, -0.2) is 25.6 Å². The summed E-state index contributed by atoms with van der Waals surface area (Å²) in [6.07, 6.45) is 3.06. The maximum atomic E-state index is 11.6. The molecule has 1 amide bonds. The number of hydrogen-bond acceptors (Lipinski definition) is 3. The van der Waals surface area contributed by atoms with Gasteiger partial charge in [0.15, 0.2) is 0 Å². The van der Waals surface area contributed by atoms with Crippen LogP contribution in [0.1, 0.15) is 24.8 Å². The smallest absolute Gasteiger partial charge is 0.221 e. The first-order chi connectivity index (χ1) is 8.78. The van der Waals surface area contributed by atoms with E-state index in [0.717, 1.165) is 17.9 Å². The highest BCUT2D eigenvalue weighted by Crippen LogP contribution is 2.18. The van der Waals surface area contributed by atoms with Gasteiger partial charge in [-0.2, -0.15) is 0 Å². The van der Waals surface area contributed by atoms with Gasteiger partial charge < -0.3 is 15.4 Å². The van der Waals surface area contributed by atoms with Gasteiger partial charge in [-0.25, -0.2) is 0 Å². The Morgan fingerprint density at radius 2 is 2.06 bits per heavy atom. The third kappa shape index (κ3) is 4.37. The highest BCUT2D eigenvalue weighted by molar-refractivity contribution is 5.76. The van der Waals surface area contributed by atoms with Gasteiger partial charge in [0.05, 0.1) is 7.11 Å². The Labute approximate surface area is 108 Å². The van der Waals surface area contributed by atoms with Gasteiger partial charge in [-0.1, -0.05) is 12.1 Å². The van der Waals surface area contributed by atoms with E-state index in [-0.39, 0.29) is 5.91 Å². The highest BCUT2D eigenvalue weighted by atomic mass is 16.5. The molecule has 4 nitrogen and oxygen atoms in total. The molecule has 0 aromatic heterocycles. The molecule has 0 saturated heterocycles. The fourth-order valence-corrected chi connectivity index (χ4v) is 1.71. The quantitative estimate of drug-likeness (QED) is 0.768. The predicted octanol–water partition coefficient (Wildman–Crippen LogP) is 1.45. The van der Waals surface area contributed by atoms with Crippen molar-refractivity contribution in [3.63, 3.8) is 0 Å². The Hall–Kier alpha value is -1.55. The summed E-state index contributed by atoms with van der Waals surface area (Å²) in [6.45, 7) is 1.35. The van der Waals surface area contributed by atoms with Crippen LogP contribution in [0.3, 0.4) is 0 Å². The minimum Gasteiger partial charge on any atom is -0.497 e. The van der Waals surface area contributed by atoms with Gasteiger partial charge in [0.1, 0.15) is 5.75 Å². The standard InChI is InChI=1S/C14H20N2O2/c1-18-13-6-2-11(3-7-13)10-16-14(17)8-9-15-12-4-5-12/h2-3,6-7,12,15H,4-5,8-10H2,1H3,(H,16,17). The van der Waals surface area contributed by atoms with Crippen LogP contribution in [0, 0.1) is 0 Å². The summed E-state index contributed by atoms with van der Waals surface area (Å²) in [6, 6.07) is 8.38. The average molecular weight is 248 g/mol. The van der Waals surface area contributed by atoms with Crippen LogP contribution >= 0.6 is 0 Å². The van der Waals surface area contributed by atoms with Crippen LogP contribution in [0.5, 0.6) is 5.75 Å². The summed E-state index contributed by atoms with van der Waals surface area (Å²) in [4.78, 5) is 11.6. The first-order valence-electron chi connectivity index (χ1n) is 6.41. The Kier molecular flexibility index (Phi) is 4.59. The molecule has 1 aliphatic carbocycles. The molecule has 1 saturated carbocycles. The molecule has 1 aromatic carbocycles. The van der Waals surface area contributed by atoms with Crippen LogP contribution in [0.2, 0.25) is 0 Å². The average Bonchev–Trinajstić information content (AvgIpc) is 3.21. The van der Waals surface area contributed by atoms with Gasteiger partial charge >= 0.3 is 0 Å². The molecule has 1 fully saturated rings. The van der Waals surface area contributed by atoms with E-state index in [4.69, 9.17) is 4.74 Å². The molecule has 1 aliphatic rings. The number of hydrogen-bond donors (Lipinski definition) is 2. The van der Waals surface area contributed by atoms with Crippen molar-refractivity contribution in [3.8, 4) is 5.75 Å². The molecule has 98 valence electrons. The Morgan fingerprint density at radius 3 is 2.67 bits per heavy atom. The monoisotopic (exact) mass is 248 g/mol. The topological polar surface area (TPSA) is 50.4 Å². The number of ether oxygens (including phenoxy) is 1. The molecule has 0 unspecified atom stereocenters. The normalized spacial score (nSPS) is 14.3. The molecule has 0 spiro atoms. The summed E-state index contributed by atoms with van der Waals surface area (Å²) in [5, 5.41) is 6.23. The molecule has 0 radical (unpaired) electrons. The van der Waals surface area contributed by atoms with E-state index in [1.54, 1.807) is 7.11 Å². The molecule has 0 atom stereocenters. The SMILES string of the molecule is COc1ccc(CNC(=O)CCNC2CC2)cc1. The van der Waals surface area contributed by atoms with Crippen molar-refractivity contribution >= 4 is 5.91 Å². The van der Waals surface area contributed by atoms with Crippen LogP contribution < -0.4 is 15.4 Å². The largest absolute Gasteiger partial charge is 0.497 e. The summed E-state index contributed by atoms with van der Waals surface area (Å²) >= 11 is 0. The maximum absolute atomic E-state index is 11.6. The predicted molar refractivity (Wildman–Crippen MR) is 70.5 cm³/mol. The second-order valence-corrected chi connectivity index (χ2v) is 4.60. The summed E-state index contributed by atoms with van der Waals surface area (Å²) < 4.78 is 5.08. The molecule has 0 heterocycles. The third-order valence-electron chi connectivity index (χ3n) is 3.01.